The molecule has 34 heavy (non-hydrogen) atoms. The van der Waals surface area contributed by atoms with E-state index < -0.39 is 45.4 Å². The molecule has 2 atom stereocenters. The molecule has 1 saturated carbocycles. The Morgan fingerprint density at radius 2 is 1.65 bits per heavy atom. The van der Waals surface area contributed by atoms with Crippen molar-refractivity contribution in [2.75, 3.05) is 10.6 Å². The van der Waals surface area contributed by atoms with Crippen LogP contribution in [0.2, 0.25) is 5.02 Å². The van der Waals surface area contributed by atoms with Gasteiger partial charge in [0.15, 0.2) is 0 Å². The van der Waals surface area contributed by atoms with Crippen molar-refractivity contribution in [3.05, 3.63) is 92.7 Å². The van der Waals surface area contributed by atoms with Crippen LogP contribution in [0.15, 0.2) is 59.1 Å². The van der Waals surface area contributed by atoms with E-state index in [0.717, 1.165) is 12.1 Å². The van der Waals surface area contributed by atoms with Gasteiger partial charge >= 0.3 is 0 Å². The van der Waals surface area contributed by atoms with Crippen LogP contribution < -0.4 is 10.6 Å². The smallest absolute Gasteiger partial charge is 0.257 e. The molecule has 0 heterocycles. The van der Waals surface area contributed by atoms with Crippen LogP contribution in [0, 0.1) is 23.4 Å². The fraction of sp³-hybridized carbons (Fsp3) is 0.130. The van der Waals surface area contributed by atoms with Crippen LogP contribution in [0.4, 0.5) is 24.5 Å². The molecule has 1 aliphatic rings. The first kappa shape index (κ1) is 24.9. The van der Waals surface area contributed by atoms with E-state index in [1.807, 2.05) is 0 Å². The lowest BCUT2D eigenvalue weighted by atomic mass is 10.1. The standard InChI is InChI=1S/C23H13BrCl3F3N2O2/c24-14-7-10(1-5-16(14)29)19-20(23(19,26)27)22(34)31-12-3-4-15(25)13(9-12)21(33)32-18-6-2-11(28)8-17(18)30/h1-9,19-20H,(H,31,34)(H,32,33)/t19-,20+/m0/s1. The van der Waals surface area contributed by atoms with E-state index in [-0.39, 0.29) is 26.4 Å². The second-order valence-corrected chi connectivity index (χ2v) is 10.3. The van der Waals surface area contributed by atoms with Crippen molar-refractivity contribution in [2.45, 2.75) is 10.3 Å². The molecule has 11 heteroatoms. The number of anilines is 2. The number of hydrogen-bond acceptors (Lipinski definition) is 2. The normalized spacial score (nSPS) is 18.3. The summed E-state index contributed by atoms with van der Waals surface area (Å²) in [7, 11) is 0. The SMILES string of the molecule is O=C(Nc1ccc(F)cc1F)c1cc(NC(=O)[C@H]2[C@H](c3ccc(F)c(Br)c3)C2(Cl)Cl)ccc1Cl. The second kappa shape index (κ2) is 9.41. The van der Waals surface area contributed by atoms with Gasteiger partial charge in [-0.3, -0.25) is 9.59 Å². The van der Waals surface area contributed by atoms with Gasteiger partial charge in [-0.05, 0) is 64.0 Å². The molecule has 0 saturated heterocycles. The van der Waals surface area contributed by atoms with Crippen LogP contribution in [0.1, 0.15) is 21.8 Å². The van der Waals surface area contributed by atoms with Crippen molar-refractivity contribution in [1.29, 1.82) is 0 Å². The average Bonchev–Trinajstić information content (AvgIpc) is 3.35. The van der Waals surface area contributed by atoms with E-state index in [2.05, 4.69) is 26.6 Å². The fourth-order valence-corrected chi connectivity index (χ4v) is 4.98. The molecule has 4 nitrogen and oxygen atoms in total. The Balaban J connectivity index is 1.51. The Morgan fingerprint density at radius 3 is 2.32 bits per heavy atom. The first-order chi connectivity index (χ1) is 16.0. The van der Waals surface area contributed by atoms with Gasteiger partial charge in [-0.15, -0.1) is 23.2 Å². The quantitative estimate of drug-likeness (QED) is 0.306. The monoisotopic (exact) mass is 590 g/mol. The minimum absolute atomic E-state index is 0.0440. The van der Waals surface area contributed by atoms with Gasteiger partial charge in [0, 0.05) is 17.7 Å². The summed E-state index contributed by atoms with van der Waals surface area (Å²) in [6.07, 6.45) is 0. The van der Waals surface area contributed by atoms with Crippen molar-refractivity contribution in [2.24, 2.45) is 5.92 Å². The Morgan fingerprint density at radius 1 is 0.912 bits per heavy atom. The summed E-state index contributed by atoms with van der Waals surface area (Å²) < 4.78 is 39.3. The number of rotatable bonds is 5. The molecule has 0 bridgehead atoms. The molecule has 3 aromatic rings. The third-order valence-corrected chi connectivity index (χ3v) is 7.17. The van der Waals surface area contributed by atoms with E-state index in [9.17, 15) is 22.8 Å². The Hall–Kier alpha value is -2.26. The maximum absolute atomic E-state index is 13.9. The lowest BCUT2D eigenvalue weighted by molar-refractivity contribution is -0.117. The molecule has 0 aliphatic heterocycles. The zero-order valence-corrected chi connectivity index (χ0v) is 20.7. The minimum Gasteiger partial charge on any atom is -0.326 e. The van der Waals surface area contributed by atoms with E-state index in [1.165, 1.54) is 36.4 Å². The van der Waals surface area contributed by atoms with Crippen LogP contribution in [0.25, 0.3) is 0 Å². The molecule has 2 N–H and O–H groups in total. The fourth-order valence-electron chi connectivity index (χ4n) is 3.55. The van der Waals surface area contributed by atoms with E-state index in [0.29, 0.717) is 11.6 Å². The molecule has 0 radical (unpaired) electrons. The van der Waals surface area contributed by atoms with Gasteiger partial charge in [0.1, 0.15) is 21.8 Å². The zero-order valence-electron chi connectivity index (χ0n) is 16.8. The largest absolute Gasteiger partial charge is 0.326 e. The maximum Gasteiger partial charge on any atom is 0.257 e. The number of amides is 2. The first-order valence-electron chi connectivity index (χ1n) is 9.68. The number of benzene rings is 3. The lowest BCUT2D eigenvalue weighted by Crippen LogP contribution is -2.18. The Kier molecular flexibility index (Phi) is 6.88. The number of carbonyl (C=O) groups is 2. The summed E-state index contributed by atoms with van der Waals surface area (Å²) in [5.41, 5.74) is 0.503. The van der Waals surface area contributed by atoms with Gasteiger partial charge in [-0.1, -0.05) is 17.7 Å². The highest BCUT2D eigenvalue weighted by molar-refractivity contribution is 9.10. The summed E-state index contributed by atoms with van der Waals surface area (Å²) >= 11 is 21.9. The predicted octanol–water partition coefficient (Wildman–Crippen LogP) is 7.30. The highest BCUT2D eigenvalue weighted by Crippen LogP contribution is 2.65. The number of carbonyl (C=O) groups excluding carboxylic acids is 2. The van der Waals surface area contributed by atoms with Crippen LogP contribution in [-0.2, 0) is 4.79 Å². The molecule has 0 spiro atoms. The molecule has 0 aromatic heterocycles. The van der Waals surface area contributed by atoms with Crippen LogP contribution in [0.3, 0.4) is 0 Å². The van der Waals surface area contributed by atoms with Crippen molar-refractivity contribution in [1.82, 2.24) is 0 Å². The molecule has 2 amide bonds. The van der Waals surface area contributed by atoms with E-state index >= 15 is 0 Å². The van der Waals surface area contributed by atoms with Crippen molar-refractivity contribution in [3.63, 3.8) is 0 Å². The van der Waals surface area contributed by atoms with E-state index in [1.54, 1.807) is 0 Å². The van der Waals surface area contributed by atoms with Crippen molar-refractivity contribution < 1.29 is 22.8 Å². The highest BCUT2D eigenvalue weighted by atomic mass is 79.9. The summed E-state index contributed by atoms with van der Waals surface area (Å²) in [5.74, 6) is -4.92. The maximum atomic E-state index is 13.9. The molecule has 176 valence electrons. The summed E-state index contributed by atoms with van der Waals surface area (Å²) in [6.45, 7) is 0. The second-order valence-electron chi connectivity index (χ2n) is 7.57. The average molecular weight is 593 g/mol. The van der Waals surface area contributed by atoms with Gasteiger partial charge in [0.05, 0.1) is 26.7 Å². The molecule has 3 aromatic carbocycles. The molecular formula is C23H13BrCl3F3N2O2. The van der Waals surface area contributed by atoms with Crippen LogP contribution >= 0.6 is 50.7 Å². The van der Waals surface area contributed by atoms with Gasteiger partial charge < -0.3 is 10.6 Å². The van der Waals surface area contributed by atoms with Crippen molar-refractivity contribution in [3.8, 4) is 0 Å². The third kappa shape index (κ3) is 4.91. The lowest BCUT2D eigenvalue weighted by Gasteiger charge is -2.11. The summed E-state index contributed by atoms with van der Waals surface area (Å²) in [4.78, 5) is 25.5. The van der Waals surface area contributed by atoms with Gasteiger partial charge in [-0.25, -0.2) is 13.2 Å². The van der Waals surface area contributed by atoms with Gasteiger partial charge in [0.2, 0.25) is 5.91 Å². The molecule has 0 unspecified atom stereocenters. The molecular weight excluding hydrogens is 580 g/mol. The number of nitrogens with one attached hydrogen (secondary N) is 2. The Labute approximate surface area is 215 Å². The molecule has 4 rings (SSSR count). The van der Waals surface area contributed by atoms with Gasteiger partial charge in [-0.2, -0.15) is 0 Å². The number of halogens is 7. The minimum atomic E-state index is -1.41. The Bertz CT molecular complexity index is 1320. The zero-order chi connectivity index (χ0) is 24.8. The molecule has 1 fully saturated rings. The summed E-state index contributed by atoms with van der Waals surface area (Å²) in [6, 6.07) is 11.1. The van der Waals surface area contributed by atoms with Crippen LogP contribution in [0.5, 0.6) is 0 Å². The number of alkyl halides is 2. The van der Waals surface area contributed by atoms with Crippen molar-refractivity contribution >= 4 is 73.9 Å². The summed E-state index contributed by atoms with van der Waals surface area (Å²) in [5, 5.41) is 4.99. The predicted molar refractivity (Wildman–Crippen MR) is 129 cm³/mol. The van der Waals surface area contributed by atoms with Gasteiger partial charge in [0.25, 0.3) is 5.91 Å². The topological polar surface area (TPSA) is 58.2 Å². The van der Waals surface area contributed by atoms with Crippen LogP contribution in [-0.4, -0.2) is 16.1 Å². The number of hydrogen-bond donors (Lipinski definition) is 2. The third-order valence-electron chi connectivity index (χ3n) is 5.30. The first-order valence-corrected chi connectivity index (χ1v) is 11.6. The van der Waals surface area contributed by atoms with E-state index in [4.69, 9.17) is 34.8 Å². The highest BCUT2D eigenvalue weighted by Gasteiger charge is 2.67. The molecule has 1 aliphatic carbocycles.